The van der Waals surface area contributed by atoms with Crippen molar-refractivity contribution in [3.63, 3.8) is 0 Å². The van der Waals surface area contributed by atoms with Crippen LogP contribution in [0.2, 0.25) is 0 Å². The van der Waals surface area contributed by atoms with Crippen LogP contribution in [-0.4, -0.2) is 82.1 Å². The second-order valence-electron chi connectivity index (χ2n) is 15.5. The number of hydrogen-bond acceptors (Lipinski definition) is 7. The van der Waals surface area contributed by atoms with Gasteiger partial charge in [0.2, 0.25) is 11.9 Å². The predicted octanol–water partition coefficient (Wildman–Crippen LogP) is 7.33. The number of anilines is 2. The van der Waals surface area contributed by atoms with Crippen LogP contribution in [0.3, 0.4) is 0 Å². The third-order valence-electron chi connectivity index (χ3n) is 11.3. The van der Waals surface area contributed by atoms with Gasteiger partial charge < -0.3 is 30.0 Å². The molecule has 0 aliphatic carbocycles. The first-order chi connectivity index (χ1) is 30.3. The van der Waals surface area contributed by atoms with Crippen LogP contribution in [-0.2, 0) is 25.9 Å². The van der Waals surface area contributed by atoms with Crippen LogP contribution in [0.1, 0.15) is 43.0 Å². The number of rotatable bonds is 12. The fourth-order valence-corrected chi connectivity index (χ4v) is 8.21. The monoisotopic (exact) mass is 824 g/mol. The molecule has 13 heteroatoms. The van der Waals surface area contributed by atoms with E-state index in [1.807, 2.05) is 121 Å². The molecule has 8 aromatic rings. The van der Waals surface area contributed by atoms with E-state index in [4.69, 9.17) is 0 Å². The molecule has 6 aromatic carbocycles. The summed E-state index contributed by atoms with van der Waals surface area (Å²) in [5.74, 6) is -0.169. The van der Waals surface area contributed by atoms with E-state index < -0.39 is 42.1 Å². The number of carbonyl (C=O) groups excluding carboxylic acids is 3. The summed E-state index contributed by atoms with van der Waals surface area (Å²) in [7, 11) is 0. The van der Waals surface area contributed by atoms with Gasteiger partial charge in [-0.15, -0.1) is 0 Å². The maximum atomic E-state index is 15.4. The molecule has 3 heterocycles. The molecular formula is C49H44N8O5. The third kappa shape index (κ3) is 8.66. The smallest absolute Gasteiger partial charge is 0.321 e. The van der Waals surface area contributed by atoms with Gasteiger partial charge in [0.1, 0.15) is 12.2 Å². The van der Waals surface area contributed by atoms with Crippen molar-refractivity contribution in [2.75, 3.05) is 10.6 Å². The Labute approximate surface area is 357 Å². The van der Waals surface area contributed by atoms with Gasteiger partial charge in [0.15, 0.2) is 0 Å². The Bertz CT molecular complexity index is 2600. The number of urea groups is 1. The van der Waals surface area contributed by atoms with E-state index in [1.54, 1.807) is 46.2 Å². The van der Waals surface area contributed by atoms with Crippen LogP contribution in [0.15, 0.2) is 158 Å². The standard InChI is InChI=1S/C49H44N8O5/c58-43-41(27-31-13-3-1-4-14-31)56(29-33-17-11-19-35(25-33)45(60)54-47-50-37-21-7-8-22-38(37)51-47)49(62)57(42(44(43)59)28-32-15-5-2-6-16-32)30-34-18-12-20-36(26-34)46(61)55-48-52-39-23-9-10-24-40(39)53-48/h1-26,41-44,58-59H,27-30H2,(H2,50,51,54,60)(H2,52,53,55,61). The molecule has 1 fully saturated rings. The molecule has 1 saturated heterocycles. The molecule has 1 aliphatic rings. The van der Waals surface area contributed by atoms with Crippen LogP contribution in [0.4, 0.5) is 16.7 Å². The van der Waals surface area contributed by atoms with Crippen molar-refractivity contribution in [2.24, 2.45) is 0 Å². The number of para-hydroxylation sites is 4. The van der Waals surface area contributed by atoms with E-state index >= 15 is 4.79 Å². The van der Waals surface area contributed by atoms with Gasteiger partial charge in [0.25, 0.3) is 11.8 Å². The zero-order chi connectivity index (χ0) is 42.6. The lowest BCUT2D eigenvalue weighted by molar-refractivity contribution is -0.0408. The Morgan fingerprint density at radius 1 is 0.516 bits per heavy atom. The molecule has 310 valence electrons. The molecule has 4 amide bonds. The first-order valence-corrected chi connectivity index (χ1v) is 20.5. The highest BCUT2D eigenvalue weighted by atomic mass is 16.3. The SMILES string of the molecule is O=C(Nc1nc2ccccc2[nH]1)c1cccc(CN2C(=O)N(Cc3cccc(C(=O)Nc4nc5ccccc5[nH]4)c3)C(Cc3ccccc3)C(O)C(O)C2Cc2ccccc2)c1. The first kappa shape index (κ1) is 39.8. The number of aromatic nitrogens is 4. The minimum atomic E-state index is -1.36. The summed E-state index contributed by atoms with van der Waals surface area (Å²) >= 11 is 0. The summed E-state index contributed by atoms with van der Waals surface area (Å²) in [5.41, 5.74) is 6.73. The maximum absolute atomic E-state index is 15.4. The molecule has 1 aliphatic heterocycles. The summed E-state index contributed by atoms with van der Waals surface area (Å²) in [5, 5.41) is 30.2. The number of amides is 4. The van der Waals surface area contributed by atoms with Crippen LogP contribution in [0, 0.1) is 0 Å². The van der Waals surface area contributed by atoms with Gasteiger partial charge >= 0.3 is 6.03 Å². The van der Waals surface area contributed by atoms with E-state index in [2.05, 4.69) is 30.6 Å². The highest BCUT2D eigenvalue weighted by Gasteiger charge is 2.46. The molecule has 0 radical (unpaired) electrons. The van der Waals surface area contributed by atoms with E-state index in [0.29, 0.717) is 45.2 Å². The number of fused-ring (bicyclic) bond motifs is 2. The van der Waals surface area contributed by atoms with E-state index in [1.165, 1.54) is 0 Å². The molecule has 0 spiro atoms. The minimum Gasteiger partial charge on any atom is -0.388 e. The Hall–Kier alpha value is -7.61. The molecule has 13 nitrogen and oxygen atoms in total. The third-order valence-corrected chi connectivity index (χ3v) is 11.3. The molecule has 0 bridgehead atoms. The maximum Gasteiger partial charge on any atom is 0.321 e. The van der Waals surface area contributed by atoms with Gasteiger partial charge in [0, 0.05) is 24.2 Å². The zero-order valence-electron chi connectivity index (χ0n) is 33.6. The number of aliphatic hydroxyl groups is 2. The number of H-pyrrole nitrogens is 2. The van der Waals surface area contributed by atoms with Crippen molar-refractivity contribution in [2.45, 2.75) is 50.2 Å². The van der Waals surface area contributed by atoms with Crippen LogP contribution >= 0.6 is 0 Å². The number of aromatic amines is 2. The van der Waals surface area contributed by atoms with Crippen LogP contribution in [0.5, 0.6) is 0 Å². The lowest BCUT2D eigenvalue weighted by atomic mass is 9.90. The lowest BCUT2D eigenvalue weighted by Gasteiger charge is -2.36. The second-order valence-corrected chi connectivity index (χ2v) is 15.5. The van der Waals surface area contributed by atoms with Gasteiger partial charge in [-0.05, 0) is 83.6 Å². The van der Waals surface area contributed by atoms with Crippen molar-refractivity contribution in [3.8, 4) is 0 Å². The van der Waals surface area contributed by atoms with Gasteiger partial charge in [0.05, 0.1) is 34.2 Å². The molecule has 4 atom stereocenters. The average molecular weight is 825 g/mol. The predicted molar refractivity (Wildman–Crippen MR) is 237 cm³/mol. The Morgan fingerprint density at radius 3 is 1.32 bits per heavy atom. The molecule has 6 N–H and O–H groups in total. The van der Waals surface area contributed by atoms with E-state index in [9.17, 15) is 19.8 Å². The first-order valence-electron chi connectivity index (χ1n) is 20.5. The number of benzene rings is 6. The Morgan fingerprint density at radius 2 is 0.903 bits per heavy atom. The average Bonchev–Trinajstić information content (AvgIpc) is 3.90. The molecule has 4 unspecified atom stereocenters. The summed E-state index contributed by atoms with van der Waals surface area (Å²) in [6.07, 6.45) is -2.22. The fourth-order valence-electron chi connectivity index (χ4n) is 8.21. The summed E-state index contributed by atoms with van der Waals surface area (Å²) in [6.45, 7) is 0.0285. The van der Waals surface area contributed by atoms with Crippen molar-refractivity contribution in [1.29, 1.82) is 0 Å². The van der Waals surface area contributed by atoms with Crippen molar-refractivity contribution < 1.29 is 24.6 Å². The largest absolute Gasteiger partial charge is 0.388 e. The zero-order valence-corrected chi connectivity index (χ0v) is 33.6. The number of carbonyl (C=O) groups is 3. The number of nitrogens with zero attached hydrogens (tertiary/aromatic N) is 4. The number of imidazole rings is 2. The van der Waals surface area contributed by atoms with Crippen molar-refractivity contribution >= 4 is 51.8 Å². The normalized spacial score (nSPS) is 17.9. The molecule has 9 rings (SSSR count). The quantitative estimate of drug-likeness (QED) is 0.0747. The van der Waals surface area contributed by atoms with E-state index in [0.717, 1.165) is 22.2 Å². The Kier molecular flexibility index (Phi) is 11.3. The van der Waals surface area contributed by atoms with Crippen LogP contribution < -0.4 is 10.6 Å². The van der Waals surface area contributed by atoms with E-state index in [-0.39, 0.29) is 25.9 Å². The Balaban J connectivity index is 1.04. The summed E-state index contributed by atoms with van der Waals surface area (Å²) in [4.78, 5) is 60.9. The van der Waals surface area contributed by atoms with Gasteiger partial charge in [-0.25, -0.2) is 14.8 Å². The summed E-state index contributed by atoms with van der Waals surface area (Å²) in [6, 6.07) is 45.9. The molecule has 62 heavy (non-hydrogen) atoms. The molecule has 2 aromatic heterocycles. The van der Waals surface area contributed by atoms with Crippen molar-refractivity contribution in [3.05, 3.63) is 191 Å². The number of aliphatic hydroxyl groups excluding tert-OH is 2. The number of hydrogen-bond donors (Lipinski definition) is 6. The van der Waals surface area contributed by atoms with Gasteiger partial charge in [-0.1, -0.05) is 109 Å². The van der Waals surface area contributed by atoms with Crippen molar-refractivity contribution in [1.82, 2.24) is 29.7 Å². The molecule has 0 saturated carbocycles. The highest BCUT2D eigenvalue weighted by molar-refractivity contribution is 6.04. The highest BCUT2D eigenvalue weighted by Crippen LogP contribution is 2.31. The topological polar surface area (TPSA) is 180 Å². The minimum absolute atomic E-state index is 0.0143. The lowest BCUT2D eigenvalue weighted by Crippen LogP contribution is -2.50. The second kappa shape index (κ2) is 17.5. The number of nitrogens with one attached hydrogen (secondary N) is 4. The summed E-state index contributed by atoms with van der Waals surface area (Å²) < 4.78 is 0. The van der Waals surface area contributed by atoms with Gasteiger partial charge in [-0.2, -0.15) is 0 Å². The fraction of sp³-hybridized carbons (Fsp3) is 0.163. The molecular weight excluding hydrogens is 781 g/mol. The van der Waals surface area contributed by atoms with Crippen LogP contribution in [0.25, 0.3) is 22.1 Å². The van der Waals surface area contributed by atoms with Gasteiger partial charge in [-0.3, -0.25) is 20.2 Å².